The minimum Gasteiger partial charge on any atom is -0.467 e. The van der Waals surface area contributed by atoms with Crippen molar-refractivity contribution in [1.29, 1.82) is 0 Å². The van der Waals surface area contributed by atoms with Gasteiger partial charge in [0.2, 0.25) is 0 Å². The van der Waals surface area contributed by atoms with Crippen LogP contribution in [0.15, 0.2) is 53.1 Å². The van der Waals surface area contributed by atoms with Crippen LogP contribution in [0, 0.1) is 27.7 Å². The second-order valence-electron chi connectivity index (χ2n) is 7.12. The molecule has 4 nitrogen and oxygen atoms in total. The van der Waals surface area contributed by atoms with E-state index in [2.05, 4.69) is 26.0 Å². The molecule has 0 aliphatic carbocycles. The fraction of sp³-hybridized carbons (Fsp3) is 0.217. The van der Waals surface area contributed by atoms with Crippen molar-refractivity contribution in [2.24, 2.45) is 0 Å². The molecule has 0 fully saturated rings. The zero-order valence-corrected chi connectivity index (χ0v) is 17.3. The average molecular weight is 391 g/mol. The predicted molar refractivity (Wildman–Crippen MR) is 114 cm³/mol. The third kappa shape index (κ3) is 3.34. The highest BCUT2D eigenvalue weighted by molar-refractivity contribution is 7.22. The summed E-state index contributed by atoms with van der Waals surface area (Å²) >= 11 is 1.53. The van der Waals surface area contributed by atoms with Gasteiger partial charge in [-0.05, 0) is 80.3 Å². The van der Waals surface area contributed by atoms with Crippen molar-refractivity contribution in [1.82, 2.24) is 4.98 Å². The summed E-state index contributed by atoms with van der Waals surface area (Å²) in [6.45, 7) is 8.56. The molecule has 5 heteroatoms. The molecule has 28 heavy (non-hydrogen) atoms. The number of benzene rings is 2. The Bertz CT molecular complexity index is 1160. The molecule has 0 N–H and O–H groups in total. The number of fused-ring (bicyclic) bond motifs is 1. The number of thiazole rings is 1. The van der Waals surface area contributed by atoms with Crippen molar-refractivity contribution in [3.8, 4) is 0 Å². The summed E-state index contributed by atoms with van der Waals surface area (Å²) < 4.78 is 6.59. The van der Waals surface area contributed by atoms with E-state index >= 15 is 0 Å². The smallest absolute Gasteiger partial charge is 0.260 e. The van der Waals surface area contributed by atoms with Crippen LogP contribution in [0.1, 0.15) is 38.4 Å². The number of carbonyl (C=O) groups excluding carboxylic acids is 1. The zero-order chi connectivity index (χ0) is 19.8. The molecule has 0 bridgehead atoms. The molecule has 0 spiro atoms. The van der Waals surface area contributed by atoms with Gasteiger partial charge in [-0.1, -0.05) is 23.5 Å². The van der Waals surface area contributed by atoms with Crippen molar-refractivity contribution < 1.29 is 9.21 Å². The molecule has 0 aliphatic rings. The van der Waals surface area contributed by atoms with E-state index in [4.69, 9.17) is 9.40 Å². The third-order valence-electron chi connectivity index (χ3n) is 5.20. The first-order chi connectivity index (χ1) is 13.4. The van der Waals surface area contributed by atoms with Crippen molar-refractivity contribution in [3.63, 3.8) is 0 Å². The topological polar surface area (TPSA) is 46.3 Å². The Morgan fingerprint density at radius 2 is 1.82 bits per heavy atom. The van der Waals surface area contributed by atoms with E-state index in [-0.39, 0.29) is 5.91 Å². The summed E-state index contributed by atoms with van der Waals surface area (Å²) in [5.74, 6) is 0.650. The average Bonchev–Trinajstić information content (AvgIpc) is 3.34. The molecule has 2 heterocycles. The Morgan fingerprint density at radius 3 is 2.54 bits per heavy atom. The first-order valence-corrected chi connectivity index (χ1v) is 10.0. The summed E-state index contributed by atoms with van der Waals surface area (Å²) in [5, 5.41) is 0.684. The van der Waals surface area contributed by atoms with E-state index in [9.17, 15) is 4.79 Å². The van der Waals surface area contributed by atoms with Gasteiger partial charge in [-0.15, -0.1) is 0 Å². The molecule has 142 valence electrons. The third-order valence-corrected chi connectivity index (χ3v) is 6.24. The second-order valence-corrected chi connectivity index (χ2v) is 8.13. The van der Waals surface area contributed by atoms with Crippen molar-refractivity contribution in [2.75, 3.05) is 4.90 Å². The highest BCUT2D eigenvalue weighted by atomic mass is 32.1. The summed E-state index contributed by atoms with van der Waals surface area (Å²) in [6, 6.07) is 13.7. The monoisotopic (exact) mass is 390 g/mol. The normalized spacial score (nSPS) is 11.1. The molecule has 0 atom stereocenters. The lowest BCUT2D eigenvalue weighted by Gasteiger charge is -2.19. The fourth-order valence-electron chi connectivity index (χ4n) is 3.14. The lowest BCUT2D eigenvalue weighted by molar-refractivity contribution is 0.0983. The van der Waals surface area contributed by atoms with E-state index in [1.807, 2.05) is 44.2 Å². The van der Waals surface area contributed by atoms with Crippen LogP contribution in [0.5, 0.6) is 0 Å². The van der Waals surface area contributed by atoms with Gasteiger partial charge in [-0.3, -0.25) is 9.69 Å². The molecule has 2 aromatic heterocycles. The van der Waals surface area contributed by atoms with E-state index in [1.54, 1.807) is 11.2 Å². The summed E-state index contributed by atoms with van der Waals surface area (Å²) in [4.78, 5) is 19.9. The highest BCUT2D eigenvalue weighted by Gasteiger charge is 2.23. The Balaban J connectivity index is 1.80. The van der Waals surface area contributed by atoms with Gasteiger partial charge >= 0.3 is 0 Å². The SMILES string of the molecule is Cc1ccc(C(=O)N(Cc2ccco2)c2nc3c(C)c(C)ccc3s2)cc1C. The molecule has 0 radical (unpaired) electrons. The minimum atomic E-state index is -0.0760. The Morgan fingerprint density at radius 1 is 1.04 bits per heavy atom. The molecule has 0 saturated heterocycles. The van der Waals surface area contributed by atoms with Crippen LogP contribution in [0.2, 0.25) is 0 Å². The van der Waals surface area contributed by atoms with Crippen LogP contribution in [-0.4, -0.2) is 10.9 Å². The van der Waals surface area contributed by atoms with E-state index in [0.29, 0.717) is 17.2 Å². The molecule has 0 saturated carbocycles. The second kappa shape index (κ2) is 7.24. The Hall–Kier alpha value is -2.92. The number of aryl methyl sites for hydroxylation is 4. The maximum absolute atomic E-state index is 13.4. The molecular formula is C23H22N2O2S. The van der Waals surface area contributed by atoms with Gasteiger partial charge in [0.25, 0.3) is 5.91 Å². The largest absolute Gasteiger partial charge is 0.467 e. The zero-order valence-electron chi connectivity index (χ0n) is 16.4. The molecule has 2 aromatic carbocycles. The van der Waals surface area contributed by atoms with Crippen LogP contribution in [0.25, 0.3) is 10.2 Å². The predicted octanol–water partition coefficient (Wildman–Crippen LogP) is 5.97. The number of anilines is 1. The summed E-state index contributed by atoms with van der Waals surface area (Å²) in [5.41, 5.74) is 6.22. The van der Waals surface area contributed by atoms with Gasteiger partial charge < -0.3 is 4.42 Å². The molecular weight excluding hydrogens is 368 g/mol. The lowest BCUT2D eigenvalue weighted by Crippen LogP contribution is -2.30. The standard InChI is InChI=1S/C23H22N2O2S/c1-14-7-9-18(12-16(14)3)22(26)25(13-19-6-5-11-27-19)23-24-21-17(4)15(2)8-10-20(21)28-23/h5-12H,13H2,1-4H3. The minimum absolute atomic E-state index is 0.0760. The van der Waals surface area contributed by atoms with Gasteiger partial charge in [-0.2, -0.15) is 0 Å². The Labute approximate surface area is 168 Å². The number of furan rings is 1. The van der Waals surface area contributed by atoms with Gasteiger partial charge in [-0.25, -0.2) is 4.98 Å². The lowest BCUT2D eigenvalue weighted by atomic mass is 10.1. The van der Waals surface area contributed by atoms with Crippen LogP contribution in [0.4, 0.5) is 5.13 Å². The van der Waals surface area contributed by atoms with Crippen molar-refractivity contribution >= 4 is 32.6 Å². The first kappa shape index (κ1) is 18.4. The van der Waals surface area contributed by atoms with Crippen molar-refractivity contribution in [3.05, 3.63) is 82.3 Å². The van der Waals surface area contributed by atoms with Gasteiger partial charge in [0.05, 0.1) is 23.0 Å². The van der Waals surface area contributed by atoms with Crippen molar-refractivity contribution in [2.45, 2.75) is 34.2 Å². The Kier molecular flexibility index (Phi) is 4.77. The number of rotatable bonds is 4. The van der Waals surface area contributed by atoms with Gasteiger partial charge in [0.1, 0.15) is 5.76 Å². The van der Waals surface area contributed by atoms with E-state index < -0.39 is 0 Å². The first-order valence-electron chi connectivity index (χ1n) is 9.22. The molecule has 0 aliphatic heterocycles. The molecule has 0 unspecified atom stereocenters. The molecule has 4 rings (SSSR count). The van der Waals surface area contributed by atoms with Crippen LogP contribution >= 0.6 is 11.3 Å². The summed E-state index contributed by atoms with van der Waals surface area (Å²) in [6.07, 6.45) is 1.62. The molecule has 1 amide bonds. The number of carbonyl (C=O) groups is 1. The maximum atomic E-state index is 13.4. The number of amides is 1. The van der Waals surface area contributed by atoms with Gasteiger partial charge in [0.15, 0.2) is 5.13 Å². The van der Waals surface area contributed by atoms with Crippen LogP contribution in [0.3, 0.4) is 0 Å². The van der Waals surface area contributed by atoms with Gasteiger partial charge in [0, 0.05) is 5.56 Å². The fourth-order valence-corrected chi connectivity index (χ4v) is 4.17. The quantitative estimate of drug-likeness (QED) is 0.431. The maximum Gasteiger partial charge on any atom is 0.260 e. The summed E-state index contributed by atoms with van der Waals surface area (Å²) in [7, 11) is 0. The van der Waals surface area contributed by atoms with Crippen LogP contribution in [-0.2, 0) is 6.54 Å². The number of hydrogen-bond acceptors (Lipinski definition) is 4. The molecule has 4 aromatic rings. The highest BCUT2D eigenvalue weighted by Crippen LogP contribution is 2.33. The van der Waals surface area contributed by atoms with E-state index in [0.717, 1.165) is 27.1 Å². The number of aromatic nitrogens is 1. The van der Waals surface area contributed by atoms with E-state index in [1.165, 1.54) is 22.5 Å². The number of hydrogen-bond donors (Lipinski definition) is 0. The van der Waals surface area contributed by atoms with Crippen LogP contribution < -0.4 is 4.90 Å². The number of nitrogens with zero attached hydrogens (tertiary/aromatic N) is 2.